The van der Waals surface area contributed by atoms with Gasteiger partial charge in [-0.3, -0.25) is 14.8 Å². The fourth-order valence-electron chi connectivity index (χ4n) is 3.19. The molecule has 0 saturated carbocycles. The minimum Gasteiger partial charge on any atom is -0.497 e. The van der Waals surface area contributed by atoms with Crippen LogP contribution >= 0.6 is 0 Å². The van der Waals surface area contributed by atoms with Gasteiger partial charge in [0.05, 0.1) is 31.8 Å². The number of benzene rings is 3. The van der Waals surface area contributed by atoms with Crippen LogP contribution in [0.2, 0.25) is 0 Å². The van der Waals surface area contributed by atoms with E-state index in [0.29, 0.717) is 22.8 Å². The highest BCUT2D eigenvalue weighted by Crippen LogP contribution is 2.33. The Morgan fingerprint density at radius 2 is 1.50 bits per heavy atom. The molecule has 0 atom stereocenters. The van der Waals surface area contributed by atoms with Gasteiger partial charge >= 0.3 is 6.01 Å². The molecule has 4 aromatic rings. The van der Waals surface area contributed by atoms with Gasteiger partial charge < -0.3 is 18.6 Å². The summed E-state index contributed by atoms with van der Waals surface area (Å²) in [5.41, 5.74) is 1.07. The van der Waals surface area contributed by atoms with E-state index in [-0.39, 0.29) is 28.1 Å². The van der Waals surface area contributed by atoms with E-state index >= 15 is 0 Å². The van der Waals surface area contributed by atoms with E-state index in [9.17, 15) is 13.2 Å². The number of carbonyl (C=O) groups is 1. The van der Waals surface area contributed by atoms with E-state index < -0.39 is 15.9 Å². The van der Waals surface area contributed by atoms with Crippen molar-refractivity contribution >= 4 is 27.6 Å². The maximum absolute atomic E-state index is 12.6. The minimum absolute atomic E-state index is 0.0748. The number of sulfonamides is 1. The molecule has 1 amide bonds. The van der Waals surface area contributed by atoms with Gasteiger partial charge in [0.25, 0.3) is 21.8 Å². The number of methoxy groups -OCH3 is 3. The standard InChI is InChI=1S/C24H22N4O7S/c1-32-17-8-11-19(12-9-17)36(30,31)28-16-6-4-15(5-7-16)22(29)25-24-27-26-23(35-24)20-13-10-18(33-2)14-21(20)34-3/h4-14,28H,1-3H3,(H,25,27,29). The fourth-order valence-corrected chi connectivity index (χ4v) is 4.24. The summed E-state index contributed by atoms with van der Waals surface area (Å²) >= 11 is 0. The van der Waals surface area contributed by atoms with Crippen molar-refractivity contribution in [3.63, 3.8) is 0 Å². The summed E-state index contributed by atoms with van der Waals surface area (Å²) in [4.78, 5) is 12.7. The Balaban J connectivity index is 1.43. The molecule has 186 valence electrons. The van der Waals surface area contributed by atoms with E-state index in [1.54, 1.807) is 30.3 Å². The Morgan fingerprint density at radius 3 is 2.14 bits per heavy atom. The molecular formula is C24H22N4O7S. The van der Waals surface area contributed by atoms with E-state index in [1.165, 1.54) is 57.7 Å². The zero-order valence-electron chi connectivity index (χ0n) is 19.5. The monoisotopic (exact) mass is 510 g/mol. The maximum atomic E-state index is 12.6. The summed E-state index contributed by atoms with van der Waals surface area (Å²) in [6.07, 6.45) is 0. The van der Waals surface area contributed by atoms with Crippen molar-refractivity contribution in [2.45, 2.75) is 4.90 Å². The van der Waals surface area contributed by atoms with E-state index in [2.05, 4.69) is 20.2 Å². The van der Waals surface area contributed by atoms with Crippen molar-refractivity contribution in [2.75, 3.05) is 31.4 Å². The molecule has 1 heterocycles. The lowest BCUT2D eigenvalue weighted by Crippen LogP contribution is -2.14. The average molecular weight is 511 g/mol. The zero-order chi connectivity index (χ0) is 25.7. The predicted octanol–water partition coefficient (Wildman–Crippen LogP) is 3.82. The number of aromatic nitrogens is 2. The van der Waals surface area contributed by atoms with Gasteiger partial charge in [-0.2, -0.15) is 0 Å². The van der Waals surface area contributed by atoms with Crippen molar-refractivity contribution in [3.05, 3.63) is 72.3 Å². The molecule has 0 unspecified atom stereocenters. The van der Waals surface area contributed by atoms with E-state index in [4.69, 9.17) is 18.6 Å². The number of carbonyl (C=O) groups excluding carboxylic acids is 1. The lowest BCUT2D eigenvalue weighted by molar-refractivity contribution is 0.102. The number of hydrogen-bond acceptors (Lipinski definition) is 9. The molecule has 0 radical (unpaired) electrons. The number of anilines is 2. The van der Waals surface area contributed by atoms with Gasteiger partial charge in [0.1, 0.15) is 17.2 Å². The van der Waals surface area contributed by atoms with E-state index in [1.807, 2.05) is 0 Å². The average Bonchev–Trinajstić information content (AvgIpc) is 3.36. The summed E-state index contributed by atoms with van der Waals surface area (Å²) in [5, 5.41) is 10.3. The highest BCUT2D eigenvalue weighted by Gasteiger charge is 2.18. The Kier molecular flexibility index (Phi) is 7.06. The largest absolute Gasteiger partial charge is 0.497 e. The minimum atomic E-state index is -3.81. The molecule has 1 aromatic heterocycles. The molecule has 0 fully saturated rings. The third-order valence-corrected chi connectivity index (χ3v) is 6.45. The van der Waals surface area contributed by atoms with Crippen LogP contribution in [0.1, 0.15) is 10.4 Å². The van der Waals surface area contributed by atoms with Crippen molar-refractivity contribution in [3.8, 4) is 28.7 Å². The molecule has 3 aromatic carbocycles. The number of hydrogen-bond donors (Lipinski definition) is 2. The number of nitrogens with one attached hydrogen (secondary N) is 2. The van der Waals surface area contributed by atoms with Crippen LogP contribution in [0.15, 0.2) is 76.0 Å². The molecular weight excluding hydrogens is 488 g/mol. The van der Waals surface area contributed by atoms with Gasteiger partial charge in [0.15, 0.2) is 0 Å². The predicted molar refractivity (Wildman–Crippen MR) is 131 cm³/mol. The van der Waals surface area contributed by atoms with Crippen LogP contribution in [0.25, 0.3) is 11.5 Å². The van der Waals surface area contributed by atoms with Crippen LogP contribution in [-0.4, -0.2) is 45.9 Å². The van der Waals surface area contributed by atoms with Crippen LogP contribution in [0.5, 0.6) is 17.2 Å². The van der Waals surface area contributed by atoms with E-state index in [0.717, 1.165) is 0 Å². The second-order valence-electron chi connectivity index (χ2n) is 7.29. The Labute approximate surface area is 207 Å². The van der Waals surface area contributed by atoms with Gasteiger partial charge in [-0.25, -0.2) is 8.42 Å². The maximum Gasteiger partial charge on any atom is 0.322 e. The van der Waals surface area contributed by atoms with Gasteiger partial charge in [-0.1, -0.05) is 5.10 Å². The molecule has 0 aliphatic carbocycles. The SMILES string of the molecule is COc1ccc(S(=O)(=O)Nc2ccc(C(=O)Nc3nnc(-c4ccc(OC)cc4OC)o3)cc2)cc1. The molecule has 0 aliphatic heterocycles. The smallest absolute Gasteiger partial charge is 0.322 e. The molecule has 4 rings (SSSR count). The van der Waals surface area contributed by atoms with Crippen molar-refractivity contribution in [2.24, 2.45) is 0 Å². The van der Waals surface area contributed by atoms with Gasteiger partial charge in [-0.05, 0) is 60.7 Å². The first-order valence-corrected chi connectivity index (χ1v) is 12.0. The van der Waals surface area contributed by atoms with Crippen LogP contribution in [-0.2, 0) is 10.0 Å². The highest BCUT2D eigenvalue weighted by molar-refractivity contribution is 7.92. The number of rotatable bonds is 9. The van der Waals surface area contributed by atoms with Crippen LogP contribution in [0.3, 0.4) is 0 Å². The second kappa shape index (κ2) is 10.4. The Hall–Kier alpha value is -4.58. The van der Waals surface area contributed by atoms with Gasteiger partial charge in [0, 0.05) is 17.3 Å². The van der Waals surface area contributed by atoms with Crippen LogP contribution in [0, 0.1) is 0 Å². The van der Waals surface area contributed by atoms with Crippen molar-refractivity contribution < 1.29 is 31.8 Å². The first kappa shape index (κ1) is 24.5. The molecule has 0 spiro atoms. The first-order valence-electron chi connectivity index (χ1n) is 10.5. The summed E-state index contributed by atoms with van der Waals surface area (Å²) in [5.74, 6) is 1.23. The summed E-state index contributed by atoms with van der Waals surface area (Å²) in [6.45, 7) is 0. The number of amides is 1. The highest BCUT2D eigenvalue weighted by atomic mass is 32.2. The van der Waals surface area contributed by atoms with Crippen molar-refractivity contribution in [1.29, 1.82) is 0 Å². The lowest BCUT2D eigenvalue weighted by atomic mass is 10.2. The number of nitrogens with zero attached hydrogens (tertiary/aromatic N) is 2. The second-order valence-corrected chi connectivity index (χ2v) is 8.97. The van der Waals surface area contributed by atoms with Gasteiger partial charge in [-0.15, -0.1) is 5.10 Å². The first-order chi connectivity index (χ1) is 17.3. The fraction of sp³-hybridized carbons (Fsp3) is 0.125. The quantitative estimate of drug-likeness (QED) is 0.344. The zero-order valence-corrected chi connectivity index (χ0v) is 20.3. The van der Waals surface area contributed by atoms with Gasteiger partial charge in [0.2, 0.25) is 0 Å². The Bertz CT molecular complexity index is 1470. The molecule has 0 saturated heterocycles. The topological polar surface area (TPSA) is 142 Å². The summed E-state index contributed by atoms with van der Waals surface area (Å²) < 4.78 is 48.8. The Morgan fingerprint density at radius 1 is 0.833 bits per heavy atom. The lowest BCUT2D eigenvalue weighted by Gasteiger charge is -2.09. The normalized spacial score (nSPS) is 11.0. The van der Waals surface area contributed by atoms with Crippen LogP contribution < -0.4 is 24.2 Å². The van der Waals surface area contributed by atoms with Crippen molar-refractivity contribution in [1.82, 2.24) is 10.2 Å². The molecule has 12 heteroatoms. The summed E-state index contributed by atoms with van der Waals surface area (Å²) in [6, 6.07) is 16.8. The molecule has 0 bridgehead atoms. The summed E-state index contributed by atoms with van der Waals surface area (Å²) in [7, 11) is 0.721. The molecule has 0 aliphatic rings. The number of ether oxygens (including phenoxy) is 3. The molecule has 36 heavy (non-hydrogen) atoms. The third kappa shape index (κ3) is 5.39. The molecule has 2 N–H and O–H groups in total. The third-order valence-electron chi connectivity index (χ3n) is 5.05. The molecule has 11 nitrogen and oxygen atoms in total. The van der Waals surface area contributed by atoms with Crippen LogP contribution in [0.4, 0.5) is 11.7 Å².